The van der Waals surface area contributed by atoms with Crippen LogP contribution in [-0.4, -0.2) is 25.3 Å². The molecule has 0 fully saturated rings. The molecule has 0 atom stereocenters. The van der Waals surface area contributed by atoms with Crippen LogP contribution in [0.4, 0.5) is 0 Å². The van der Waals surface area contributed by atoms with E-state index in [1.54, 1.807) is 24.2 Å². The molecule has 0 radical (unpaired) electrons. The van der Waals surface area contributed by atoms with Crippen molar-refractivity contribution in [3.8, 4) is 0 Å². The van der Waals surface area contributed by atoms with Gasteiger partial charge < -0.3 is 0 Å². The first kappa shape index (κ1) is 14.4. The van der Waals surface area contributed by atoms with Crippen molar-refractivity contribution in [2.24, 2.45) is 0 Å². The first-order valence-corrected chi connectivity index (χ1v) is 8.69. The Morgan fingerprint density at radius 1 is 1.17 bits per heavy atom. The Morgan fingerprint density at radius 2 is 1.87 bits per heavy atom. The second-order valence-electron chi connectivity index (χ2n) is 5.56. The number of thioether (sulfide) groups is 1. The molecule has 116 valence electrons. The average molecular weight is 324 g/mol. The summed E-state index contributed by atoms with van der Waals surface area (Å²) in [4.78, 5) is 25.9. The summed E-state index contributed by atoms with van der Waals surface area (Å²) in [5.74, 6) is 0.859. The Kier molecular flexibility index (Phi) is 3.61. The topological polar surface area (TPSA) is 60.7 Å². The zero-order chi connectivity index (χ0) is 15.8. The zero-order valence-electron chi connectivity index (χ0n) is 12.8. The second-order valence-corrected chi connectivity index (χ2v) is 6.79. The molecule has 1 aliphatic carbocycles. The fourth-order valence-electron chi connectivity index (χ4n) is 3.18. The number of rotatable bonds is 3. The van der Waals surface area contributed by atoms with Crippen molar-refractivity contribution in [3.63, 3.8) is 0 Å². The van der Waals surface area contributed by atoms with Crippen LogP contribution in [0, 0.1) is 0 Å². The van der Waals surface area contributed by atoms with Crippen LogP contribution in [0.2, 0.25) is 0 Å². The predicted molar refractivity (Wildman–Crippen MR) is 90.9 cm³/mol. The molecule has 0 N–H and O–H groups in total. The molecule has 0 unspecified atom stereocenters. The van der Waals surface area contributed by atoms with Gasteiger partial charge in [0.1, 0.15) is 0 Å². The van der Waals surface area contributed by atoms with Gasteiger partial charge in [-0.1, -0.05) is 43.0 Å². The molecule has 6 heteroatoms. The van der Waals surface area contributed by atoms with Gasteiger partial charge >= 0.3 is 0 Å². The number of hydrogen-bond donors (Lipinski definition) is 0. The van der Waals surface area contributed by atoms with Crippen LogP contribution in [-0.2, 0) is 12.8 Å². The summed E-state index contributed by atoms with van der Waals surface area (Å²) in [6, 6.07) is 8.49. The predicted octanol–water partition coefficient (Wildman–Crippen LogP) is 2.64. The second kappa shape index (κ2) is 5.77. The summed E-state index contributed by atoms with van der Waals surface area (Å²) >= 11 is 1.58. The molecule has 23 heavy (non-hydrogen) atoms. The Labute approximate surface area is 137 Å². The molecule has 3 aromatic rings. The minimum atomic E-state index is -0.0862. The van der Waals surface area contributed by atoms with Gasteiger partial charge in [-0.05, 0) is 29.7 Å². The molecule has 0 spiro atoms. The number of benzene rings is 1. The van der Waals surface area contributed by atoms with E-state index >= 15 is 0 Å². The number of nitrogens with zero attached hydrogens (tertiary/aromatic N) is 4. The minimum Gasteiger partial charge on any atom is -0.282 e. The maximum absolute atomic E-state index is 13.0. The third-order valence-electron chi connectivity index (χ3n) is 4.18. The SMILES string of the molecule is CCSc1nc2nccnc2c(=O)n1C1Cc2ccccc2C1. The first-order chi connectivity index (χ1) is 11.3. The molecule has 2 aromatic heterocycles. The fraction of sp³-hybridized carbons (Fsp3) is 0.294. The van der Waals surface area contributed by atoms with Gasteiger partial charge in [0.2, 0.25) is 0 Å². The van der Waals surface area contributed by atoms with Crippen molar-refractivity contribution in [2.45, 2.75) is 31.0 Å². The molecule has 0 saturated carbocycles. The fourth-order valence-corrected chi connectivity index (χ4v) is 3.96. The Balaban J connectivity index is 1.88. The number of hydrogen-bond acceptors (Lipinski definition) is 5. The van der Waals surface area contributed by atoms with Crippen LogP contribution in [0.1, 0.15) is 24.1 Å². The van der Waals surface area contributed by atoms with Gasteiger partial charge in [-0.25, -0.2) is 15.0 Å². The van der Waals surface area contributed by atoms with Crippen LogP contribution in [0.15, 0.2) is 46.6 Å². The Bertz CT molecular complexity index is 912. The van der Waals surface area contributed by atoms with Gasteiger partial charge in [-0.15, -0.1) is 0 Å². The van der Waals surface area contributed by atoms with Crippen molar-refractivity contribution < 1.29 is 0 Å². The van der Waals surface area contributed by atoms with Crippen LogP contribution < -0.4 is 5.56 Å². The van der Waals surface area contributed by atoms with Crippen molar-refractivity contribution in [2.75, 3.05) is 5.75 Å². The van der Waals surface area contributed by atoms with Crippen molar-refractivity contribution in [1.82, 2.24) is 19.5 Å². The Morgan fingerprint density at radius 3 is 2.57 bits per heavy atom. The lowest BCUT2D eigenvalue weighted by molar-refractivity contribution is 0.464. The van der Waals surface area contributed by atoms with Crippen molar-refractivity contribution in [3.05, 3.63) is 58.1 Å². The van der Waals surface area contributed by atoms with Crippen LogP contribution >= 0.6 is 11.8 Å². The number of aromatic nitrogens is 4. The molecule has 1 aliphatic rings. The summed E-state index contributed by atoms with van der Waals surface area (Å²) in [6.07, 6.45) is 4.85. The minimum absolute atomic E-state index is 0.0862. The van der Waals surface area contributed by atoms with Gasteiger partial charge in [0, 0.05) is 18.4 Å². The lowest BCUT2D eigenvalue weighted by atomic mass is 10.1. The smallest absolute Gasteiger partial charge is 0.282 e. The van der Waals surface area contributed by atoms with E-state index in [-0.39, 0.29) is 11.6 Å². The highest BCUT2D eigenvalue weighted by atomic mass is 32.2. The van der Waals surface area contributed by atoms with E-state index in [4.69, 9.17) is 0 Å². The molecule has 2 heterocycles. The summed E-state index contributed by atoms with van der Waals surface area (Å²) in [5, 5.41) is 0.739. The van der Waals surface area contributed by atoms with Crippen molar-refractivity contribution in [1.29, 1.82) is 0 Å². The van der Waals surface area contributed by atoms with Crippen LogP contribution in [0.3, 0.4) is 0 Å². The van der Waals surface area contributed by atoms with Crippen LogP contribution in [0.5, 0.6) is 0 Å². The standard InChI is InChI=1S/C17H16N4OS/c1-2-23-17-20-15-14(18-7-8-19-15)16(22)21(17)13-9-11-5-3-4-6-12(11)10-13/h3-8,13H,2,9-10H2,1H3. The molecular formula is C17H16N4OS. The normalized spacial score (nSPS) is 14.3. The lowest BCUT2D eigenvalue weighted by Crippen LogP contribution is -2.29. The average Bonchev–Trinajstić information content (AvgIpc) is 2.99. The third kappa shape index (κ3) is 2.43. The van der Waals surface area contributed by atoms with Gasteiger partial charge in [-0.3, -0.25) is 9.36 Å². The maximum Gasteiger partial charge on any atom is 0.282 e. The van der Waals surface area contributed by atoms with E-state index in [1.165, 1.54) is 11.1 Å². The molecule has 5 nitrogen and oxygen atoms in total. The molecule has 0 aliphatic heterocycles. The molecule has 0 saturated heterocycles. The van der Waals surface area contributed by atoms with E-state index < -0.39 is 0 Å². The van der Waals surface area contributed by atoms with Gasteiger partial charge in [0.15, 0.2) is 16.3 Å². The number of fused-ring (bicyclic) bond motifs is 2. The monoisotopic (exact) mass is 324 g/mol. The van der Waals surface area contributed by atoms with E-state index in [0.29, 0.717) is 11.2 Å². The van der Waals surface area contributed by atoms with Crippen molar-refractivity contribution >= 4 is 22.9 Å². The van der Waals surface area contributed by atoms with E-state index in [2.05, 4.69) is 46.1 Å². The molecule has 0 bridgehead atoms. The first-order valence-electron chi connectivity index (χ1n) is 7.70. The lowest BCUT2D eigenvalue weighted by Gasteiger charge is -2.17. The van der Waals surface area contributed by atoms with E-state index in [1.807, 2.05) is 4.57 Å². The van der Waals surface area contributed by atoms with Crippen LogP contribution in [0.25, 0.3) is 11.2 Å². The summed E-state index contributed by atoms with van der Waals surface area (Å²) in [6.45, 7) is 2.06. The molecule has 4 rings (SSSR count). The van der Waals surface area contributed by atoms with E-state index in [0.717, 1.165) is 23.8 Å². The summed E-state index contributed by atoms with van der Waals surface area (Å²) in [5.41, 5.74) is 3.33. The quantitative estimate of drug-likeness (QED) is 0.547. The molecule has 1 aromatic carbocycles. The molecular weight excluding hydrogens is 308 g/mol. The van der Waals surface area contributed by atoms with E-state index in [9.17, 15) is 4.79 Å². The summed E-state index contributed by atoms with van der Waals surface area (Å²) < 4.78 is 1.82. The highest BCUT2D eigenvalue weighted by Crippen LogP contribution is 2.31. The van der Waals surface area contributed by atoms with Gasteiger partial charge in [-0.2, -0.15) is 0 Å². The summed E-state index contributed by atoms with van der Waals surface area (Å²) in [7, 11) is 0. The molecule has 0 amide bonds. The zero-order valence-corrected chi connectivity index (χ0v) is 13.6. The third-order valence-corrected chi connectivity index (χ3v) is 5.01. The highest BCUT2D eigenvalue weighted by Gasteiger charge is 2.26. The van der Waals surface area contributed by atoms with Gasteiger partial charge in [0.25, 0.3) is 5.56 Å². The largest absolute Gasteiger partial charge is 0.282 e. The highest BCUT2D eigenvalue weighted by molar-refractivity contribution is 7.99. The Hall–Kier alpha value is -2.21. The maximum atomic E-state index is 13.0. The van der Waals surface area contributed by atoms with Gasteiger partial charge in [0.05, 0.1) is 0 Å².